The summed E-state index contributed by atoms with van der Waals surface area (Å²) < 4.78 is 0. The minimum atomic E-state index is 0.481. The van der Waals surface area contributed by atoms with Gasteiger partial charge in [-0.25, -0.2) is 0 Å². The van der Waals surface area contributed by atoms with E-state index in [0.29, 0.717) is 5.92 Å². The van der Waals surface area contributed by atoms with Gasteiger partial charge in [0.2, 0.25) is 0 Å². The van der Waals surface area contributed by atoms with Crippen LogP contribution in [0.5, 0.6) is 0 Å². The summed E-state index contributed by atoms with van der Waals surface area (Å²) in [4.78, 5) is 0. The van der Waals surface area contributed by atoms with Gasteiger partial charge in [0.15, 0.2) is 0 Å². The number of benzene rings is 2. The highest BCUT2D eigenvalue weighted by Gasteiger charge is 2.06. The quantitative estimate of drug-likeness (QED) is 0.620. The molecular formula is C18H20. The van der Waals surface area contributed by atoms with E-state index in [9.17, 15) is 0 Å². The maximum Gasteiger partial charge on any atom is 0.00154 e. The second-order valence-corrected chi connectivity index (χ2v) is 4.63. The smallest absolute Gasteiger partial charge is 0.00154 e. The number of aryl methyl sites for hydroxylation is 1. The maximum absolute atomic E-state index is 3.96. The van der Waals surface area contributed by atoms with Crippen LogP contribution in [0.25, 0.3) is 0 Å². The third-order valence-corrected chi connectivity index (χ3v) is 3.34. The molecule has 0 spiro atoms. The Hall–Kier alpha value is -1.82. The summed E-state index contributed by atoms with van der Waals surface area (Å²) in [7, 11) is 0. The molecule has 0 amide bonds. The Morgan fingerprint density at radius 1 is 0.889 bits per heavy atom. The van der Waals surface area contributed by atoms with Crippen LogP contribution < -0.4 is 0 Å². The molecule has 0 nitrogen and oxygen atoms in total. The van der Waals surface area contributed by atoms with Crippen molar-refractivity contribution in [3.8, 4) is 0 Å². The highest BCUT2D eigenvalue weighted by molar-refractivity contribution is 5.23. The van der Waals surface area contributed by atoms with Crippen molar-refractivity contribution in [2.45, 2.75) is 25.2 Å². The van der Waals surface area contributed by atoms with E-state index in [0.717, 1.165) is 6.42 Å². The Labute approximate surface area is 110 Å². The Bertz CT molecular complexity index is 456. The summed E-state index contributed by atoms with van der Waals surface area (Å²) in [6.45, 7) is 3.96. The first kappa shape index (κ1) is 12.6. The van der Waals surface area contributed by atoms with Crippen LogP contribution in [0.2, 0.25) is 0 Å². The van der Waals surface area contributed by atoms with Gasteiger partial charge >= 0.3 is 0 Å². The minimum absolute atomic E-state index is 0.481. The van der Waals surface area contributed by atoms with Crippen molar-refractivity contribution in [2.75, 3.05) is 0 Å². The molecule has 0 aromatic heterocycles. The van der Waals surface area contributed by atoms with Gasteiger partial charge in [0, 0.05) is 5.92 Å². The normalized spacial score (nSPS) is 12.0. The van der Waals surface area contributed by atoms with Crippen molar-refractivity contribution >= 4 is 0 Å². The van der Waals surface area contributed by atoms with Crippen LogP contribution in [0, 0.1) is 0 Å². The molecule has 2 rings (SSSR count). The van der Waals surface area contributed by atoms with Crippen LogP contribution in [0.1, 0.15) is 29.9 Å². The molecule has 0 N–H and O–H groups in total. The van der Waals surface area contributed by atoms with Crippen LogP contribution in [-0.2, 0) is 6.42 Å². The fraction of sp³-hybridized carbons (Fsp3) is 0.222. The molecule has 2 aromatic rings. The van der Waals surface area contributed by atoms with E-state index in [4.69, 9.17) is 0 Å². The number of allylic oxidation sites excluding steroid dienone is 1. The second-order valence-electron chi connectivity index (χ2n) is 4.63. The third-order valence-electron chi connectivity index (χ3n) is 3.34. The van der Waals surface area contributed by atoms with Crippen molar-refractivity contribution in [2.24, 2.45) is 0 Å². The van der Waals surface area contributed by atoms with Crippen molar-refractivity contribution in [1.29, 1.82) is 0 Å². The first-order chi connectivity index (χ1) is 8.90. The van der Waals surface area contributed by atoms with Gasteiger partial charge in [-0.3, -0.25) is 0 Å². The van der Waals surface area contributed by atoms with Crippen molar-refractivity contribution in [1.82, 2.24) is 0 Å². The molecule has 0 aliphatic carbocycles. The Kier molecular flexibility index (Phi) is 4.78. The SMILES string of the molecule is C=CC(CCCc1ccccc1)c1ccccc1. The van der Waals surface area contributed by atoms with E-state index >= 15 is 0 Å². The van der Waals surface area contributed by atoms with Crippen molar-refractivity contribution in [3.05, 3.63) is 84.4 Å². The van der Waals surface area contributed by atoms with E-state index in [-0.39, 0.29) is 0 Å². The van der Waals surface area contributed by atoms with Crippen LogP contribution in [0.15, 0.2) is 73.3 Å². The molecule has 0 bridgehead atoms. The molecule has 92 valence electrons. The van der Waals surface area contributed by atoms with Crippen LogP contribution in [0.3, 0.4) is 0 Å². The fourth-order valence-electron chi connectivity index (χ4n) is 2.29. The lowest BCUT2D eigenvalue weighted by Crippen LogP contribution is -1.96. The zero-order chi connectivity index (χ0) is 12.6. The summed E-state index contributed by atoms with van der Waals surface area (Å²) in [5, 5.41) is 0. The highest BCUT2D eigenvalue weighted by Crippen LogP contribution is 2.22. The van der Waals surface area contributed by atoms with Gasteiger partial charge < -0.3 is 0 Å². The first-order valence-corrected chi connectivity index (χ1v) is 6.61. The Balaban J connectivity index is 1.87. The van der Waals surface area contributed by atoms with Crippen LogP contribution in [0.4, 0.5) is 0 Å². The number of hydrogen-bond donors (Lipinski definition) is 0. The van der Waals surface area contributed by atoms with Gasteiger partial charge in [-0.1, -0.05) is 66.7 Å². The van der Waals surface area contributed by atoms with Crippen LogP contribution >= 0.6 is 0 Å². The molecular weight excluding hydrogens is 216 g/mol. The average molecular weight is 236 g/mol. The highest BCUT2D eigenvalue weighted by atomic mass is 14.1. The van der Waals surface area contributed by atoms with Gasteiger partial charge in [-0.2, -0.15) is 0 Å². The molecule has 0 radical (unpaired) electrons. The Morgan fingerprint density at radius 3 is 2.11 bits per heavy atom. The van der Waals surface area contributed by atoms with Crippen molar-refractivity contribution < 1.29 is 0 Å². The minimum Gasteiger partial charge on any atom is -0.102 e. The zero-order valence-electron chi connectivity index (χ0n) is 10.8. The molecule has 0 aliphatic heterocycles. The standard InChI is InChI=1S/C18H20/c1-2-17(18-13-7-4-8-14-18)15-9-12-16-10-5-3-6-11-16/h2-8,10-11,13-14,17H,1,9,12,15H2. The van der Waals surface area contributed by atoms with Gasteiger partial charge in [0.05, 0.1) is 0 Å². The zero-order valence-corrected chi connectivity index (χ0v) is 10.8. The molecule has 1 unspecified atom stereocenters. The second kappa shape index (κ2) is 6.80. The fourth-order valence-corrected chi connectivity index (χ4v) is 2.29. The lowest BCUT2D eigenvalue weighted by atomic mass is 9.93. The lowest BCUT2D eigenvalue weighted by molar-refractivity contribution is 0.677. The van der Waals surface area contributed by atoms with Gasteiger partial charge in [0.1, 0.15) is 0 Å². The predicted octanol–water partition coefficient (Wildman–Crippen LogP) is 4.98. The summed E-state index contributed by atoms with van der Waals surface area (Å²) in [5.74, 6) is 0.481. The number of rotatable bonds is 6. The summed E-state index contributed by atoms with van der Waals surface area (Å²) >= 11 is 0. The molecule has 18 heavy (non-hydrogen) atoms. The lowest BCUT2D eigenvalue weighted by Gasteiger charge is -2.12. The van der Waals surface area contributed by atoms with Gasteiger partial charge in [-0.15, -0.1) is 6.58 Å². The van der Waals surface area contributed by atoms with Gasteiger partial charge in [-0.05, 0) is 30.4 Å². The molecule has 0 heteroatoms. The summed E-state index contributed by atoms with van der Waals surface area (Å²) in [5.41, 5.74) is 2.80. The van der Waals surface area contributed by atoms with Gasteiger partial charge in [0.25, 0.3) is 0 Å². The first-order valence-electron chi connectivity index (χ1n) is 6.61. The maximum atomic E-state index is 3.96. The average Bonchev–Trinajstić information content (AvgIpc) is 2.46. The molecule has 2 aromatic carbocycles. The molecule has 0 fully saturated rings. The Morgan fingerprint density at radius 2 is 1.50 bits per heavy atom. The van der Waals surface area contributed by atoms with E-state index in [1.165, 1.54) is 24.0 Å². The molecule has 0 heterocycles. The third kappa shape index (κ3) is 3.59. The van der Waals surface area contributed by atoms with E-state index in [1.54, 1.807) is 0 Å². The topological polar surface area (TPSA) is 0 Å². The molecule has 0 saturated carbocycles. The molecule has 0 saturated heterocycles. The largest absolute Gasteiger partial charge is 0.102 e. The monoisotopic (exact) mass is 236 g/mol. The molecule has 1 atom stereocenters. The predicted molar refractivity (Wildman–Crippen MR) is 78.8 cm³/mol. The summed E-state index contributed by atoms with van der Waals surface area (Å²) in [6, 6.07) is 21.3. The van der Waals surface area contributed by atoms with Crippen molar-refractivity contribution in [3.63, 3.8) is 0 Å². The molecule has 0 aliphatic rings. The van der Waals surface area contributed by atoms with E-state index < -0.39 is 0 Å². The van der Waals surface area contributed by atoms with E-state index in [1.807, 2.05) is 0 Å². The van der Waals surface area contributed by atoms with Crippen LogP contribution in [-0.4, -0.2) is 0 Å². The number of hydrogen-bond acceptors (Lipinski definition) is 0. The van der Waals surface area contributed by atoms with E-state index in [2.05, 4.69) is 73.3 Å². The summed E-state index contributed by atoms with van der Waals surface area (Å²) in [6.07, 6.45) is 5.59.